The van der Waals surface area contributed by atoms with Crippen molar-refractivity contribution in [1.29, 1.82) is 0 Å². The van der Waals surface area contributed by atoms with Crippen molar-refractivity contribution in [1.82, 2.24) is 0 Å². The van der Waals surface area contributed by atoms with Crippen molar-refractivity contribution in [3.63, 3.8) is 0 Å². The van der Waals surface area contributed by atoms with Crippen molar-refractivity contribution in [2.45, 2.75) is 0 Å². The van der Waals surface area contributed by atoms with E-state index in [1.165, 1.54) is 0 Å². The lowest BCUT2D eigenvalue weighted by Gasteiger charge is -2.23. The molecule has 0 amide bonds. The maximum Gasteiger partial charge on any atom is 0.196 e. The zero-order valence-corrected chi connectivity index (χ0v) is 12.3. The van der Waals surface area contributed by atoms with E-state index in [1.807, 2.05) is 0 Å². The van der Waals surface area contributed by atoms with Crippen molar-refractivity contribution < 1.29 is 19.8 Å². The minimum Gasteiger partial charge on any atom is -0.395 e. The standard InChI is InChI=1S/C17H16N2O4/c20-8-7-18-12-5-6-13(19-9-21)15-14(12)16(22)10-3-1-2-4-11(10)17(15)23/h1-6,18-21H,7-9H2. The molecule has 0 saturated carbocycles. The third-order valence-electron chi connectivity index (χ3n) is 3.77. The number of hydrogen-bond acceptors (Lipinski definition) is 6. The molecular formula is C17H16N2O4. The lowest BCUT2D eigenvalue weighted by molar-refractivity contribution is 0.0980. The van der Waals surface area contributed by atoms with Gasteiger partial charge in [0.25, 0.3) is 0 Å². The number of hydrogen-bond donors (Lipinski definition) is 4. The van der Waals surface area contributed by atoms with Crippen molar-refractivity contribution in [2.75, 3.05) is 30.5 Å². The van der Waals surface area contributed by atoms with Crippen LogP contribution in [0.5, 0.6) is 0 Å². The van der Waals surface area contributed by atoms with Crippen LogP contribution >= 0.6 is 0 Å². The van der Waals surface area contributed by atoms with Crippen LogP contribution in [-0.4, -0.2) is 41.7 Å². The van der Waals surface area contributed by atoms with E-state index in [0.717, 1.165) is 0 Å². The van der Waals surface area contributed by atoms with E-state index in [4.69, 9.17) is 10.2 Å². The first-order valence-electron chi connectivity index (χ1n) is 7.24. The van der Waals surface area contributed by atoms with Crippen LogP contribution in [0.15, 0.2) is 36.4 Å². The van der Waals surface area contributed by atoms with Gasteiger partial charge in [-0.1, -0.05) is 24.3 Å². The lowest BCUT2D eigenvalue weighted by Crippen LogP contribution is -2.24. The van der Waals surface area contributed by atoms with E-state index in [-0.39, 0.29) is 42.6 Å². The quantitative estimate of drug-likeness (QED) is 0.529. The summed E-state index contributed by atoms with van der Waals surface area (Å²) in [5, 5.41) is 23.8. The van der Waals surface area contributed by atoms with E-state index < -0.39 is 0 Å². The number of benzene rings is 2. The molecule has 23 heavy (non-hydrogen) atoms. The molecule has 0 heterocycles. The van der Waals surface area contributed by atoms with Gasteiger partial charge >= 0.3 is 0 Å². The average molecular weight is 312 g/mol. The Kier molecular flexibility index (Phi) is 4.10. The van der Waals surface area contributed by atoms with Gasteiger partial charge in [0.05, 0.1) is 17.7 Å². The van der Waals surface area contributed by atoms with E-state index in [0.29, 0.717) is 22.5 Å². The Balaban J connectivity index is 2.23. The molecule has 0 fully saturated rings. The molecule has 3 rings (SSSR count). The molecule has 118 valence electrons. The van der Waals surface area contributed by atoms with Gasteiger partial charge < -0.3 is 20.8 Å². The van der Waals surface area contributed by atoms with Crippen LogP contribution in [0.4, 0.5) is 11.4 Å². The van der Waals surface area contributed by atoms with Gasteiger partial charge in [-0.05, 0) is 12.1 Å². The van der Waals surface area contributed by atoms with Crippen molar-refractivity contribution in [3.05, 3.63) is 58.7 Å². The summed E-state index contributed by atoms with van der Waals surface area (Å²) in [6.07, 6.45) is 0. The number of aliphatic hydroxyl groups excluding tert-OH is 2. The first-order valence-corrected chi connectivity index (χ1v) is 7.24. The first-order chi connectivity index (χ1) is 11.2. The number of rotatable bonds is 5. The summed E-state index contributed by atoms with van der Waals surface area (Å²) in [5.41, 5.74) is 2.12. The average Bonchev–Trinajstić information content (AvgIpc) is 2.58. The highest BCUT2D eigenvalue weighted by Gasteiger charge is 2.33. The van der Waals surface area contributed by atoms with Gasteiger partial charge in [0, 0.05) is 29.0 Å². The minimum atomic E-state index is -0.348. The zero-order valence-electron chi connectivity index (χ0n) is 12.3. The summed E-state index contributed by atoms with van der Waals surface area (Å²) in [6, 6.07) is 9.96. The van der Waals surface area contributed by atoms with Crippen LogP contribution in [0, 0.1) is 0 Å². The Morgan fingerprint density at radius 3 is 1.78 bits per heavy atom. The Morgan fingerprint density at radius 1 is 0.783 bits per heavy atom. The zero-order chi connectivity index (χ0) is 16.4. The number of aliphatic hydroxyl groups is 2. The van der Waals surface area contributed by atoms with Crippen LogP contribution in [0.1, 0.15) is 31.8 Å². The maximum atomic E-state index is 12.8. The number of anilines is 2. The van der Waals surface area contributed by atoms with Crippen molar-refractivity contribution in [2.24, 2.45) is 0 Å². The molecule has 0 bridgehead atoms. The van der Waals surface area contributed by atoms with E-state index in [1.54, 1.807) is 36.4 Å². The van der Waals surface area contributed by atoms with Crippen LogP contribution in [-0.2, 0) is 0 Å². The second-order valence-corrected chi connectivity index (χ2v) is 5.10. The third-order valence-corrected chi connectivity index (χ3v) is 3.77. The Hall–Kier alpha value is -2.70. The molecule has 2 aromatic rings. The monoisotopic (exact) mass is 312 g/mol. The summed E-state index contributed by atoms with van der Waals surface area (Å²) < 4.78 is 0. The van der Waals surface area contributed by atoms with Crippen LogP contribution < -0.4 is 10.6 Å². The molecule has 0 atom stereocenters. The summed E-state index contributed by atoms with van der Waals surface area (Å²) in [5.74, 6) is -0.518. The molecule has 1 aliphatic carbocycles. The highest BCUT2D eigenvalue weighted by Crippen LogP contribution is 2.36. The van der Waals surface area contributed by atoms with Gasteiger partial charge in [-0.15, -0.1) is 0 Å². The SMILES string of the molecule is O=C1c2ccccc2C(=O)c2c(NCCO)ccc(NCO)c21. The van der Waals surface area contributed by atoms with Crippen molar-refractivity contribution >= 4 is 22.9 Å². The van der Waals surface area contributed by atoms with E-state index >= 15 is 0 Å². The highest BCUT2D eigenvalue weighted by atomic mass is 16.3. The maximum absolute atomic E-state index is 12.8. The normalized spacial score (nSPS) is 12.6. The molecule has 4 N–H and O–H groups in total. The molecule has 2 aromatic carbocycles. The van der Waals surface area contributed by atoms with Crippen molar-refractivity contribution in [3.8, 4) is 0 Å². The summed E-state index contributed by atoms with van der Waals surface area (Å²) in [7, 11) is 0. The van der Waals surface area contributed by atoms with Gasteiger partial charge in [0.2, 0.25) is 0 Å². The third kappa shape index (κ3) is 2.48. The van der Waals surface area contributed by atoms with Gasteiger partial charge in [-0.2, -0.15) is 0 Å². The predicted molar refractivity (Wildman–Crippen MR) is 86.0 cm³/mol. The summed E-state index contributed by atoms with van der Waals surface area (Å²) in [6.45, 7) is -0.175. The molecule has 0 spiro atoms. The smallest absolute Gasteiger partial charge is 0.196 e. The summed E-state index contributed by atoms with van der Waals surface area (Å²) >= 11 is 0. The Morgan fingerprint density at radius 2 is 1.30 bits per heavy atom. The number of ketones is 2. The molecule has 6 heteroatoms. The van der Waals surface area contributed by atoms with Gasteiger partial charge in [0.1, 0.15) is 6.73 Å². The van der Waals surface area contributed by atoms with Crippen LogP contribution in [0.2, 0.25) is 0 Å². The van der Waals surface area contributed by atoms with E-state index in [2.05, 4.69) is 10.6 Å². The number of nitrogens with one attached hydrogen (secondary N) is 2. The molecule has 0 saturated heterocycles. The molecular weight excluding hydrogens is 296 g/mol. The molecule has 0 aromatic heterocycles. The fourth-order valence-corrected chi connectivity index (χ4v) is 2.79. The number of carbonyl (C=O) groups excluding carboxylic acids is 2. The lowest BCUT2D eigenvalue weighted by atomic mass is 9.82. The second-order valence-electron chi connectivity index (χ2n) is 5.10. The fraction of sp³-hybridized carbons (Fsp3) is 0.176. The van der Waals surface area contributed by atoms with E-state index in [9.17, 15) is 9.59 Å². The summed E-state index contributed by atoms with van der Waals surface area (Å²) in [4.78, 5) is 25.7. The number of fused-ring (bicyclic) bond motifs is 2. The second kappa shape index (κ2) is 6.20. The molecule has 0 aliphatic heterocycles. The first kappa shape index (κ1) is 15.2. The molecule has 0 radical (unpaired) electrons. The Bertz CT molecular complexity index is 786. The topological polar surface area (TPSA) is 98.7 Å². The molecule has 0 unspecified atom stereocenters. The molecule has 1 aliphatic rings. The largest absolute Gasteiger partial charge is 0.395 e. The van der Waals surface area contributed by atoms with Crippen LogP contribution in [0.25, 0.3) is 0 Å². The van der Waals surface area contributed by atoms with Gasteiger partial charge in [-0.25, -0.2) is 0 Å². The van der Waals surface area contributed by atoms with Gasteiger partial charge in [0.15, 0.2) is 11.6 Å². The fourth-order valence-electron chi connectivity index (χ4n) is 2.79. The minimum absolute atomic E-state index is 0.0931. The predicted octanol–water partition coefficient (Wildman–Crippen LogP) is 1.23. The van der Waals surface area contributed by atoms with Crippen LogP contribution in [0.3, 0.4) is 0 Å². The number of carbonyl (C=O) groups is 2. The highest BCUT2D eigenvalue weighted by molar-refractivity contribution is 6.31. The Labute approximate surface area is 132 Å². The molecule has 6 nitrogen and oxygen atoms in total. The van der Waals surface area contributed by atoms with Gasteiger partial charge in [-0.3, -0.25) is 9.59 Å².